The molecule has 1 atom stereocenters. The average molecular weight is 234 g/mol. The minimum Gasteiger partial charge on any atom is -0.195 e. The van der Waals surface area contributed by atoms with Crippen LogP contribution in [0.3, 0.4) is 0 Å². The van der Waals surface area contributed by atoms with Crippen LogP contribution in [0.4, 0.5) is 0 Å². The smallest absolute Gasteiger partial charge is 0.195 e. The van der Waals surface area contributed by atoms with Gasteiger partial charge in [-0.15, -0.1) is 0 Å². The Bertz CT molecular complexity index is 391. The van der Waals surface area contributed by atoms with Crippen molar-refractivity contribution in [3.8, 4) is 0 Å². The molecule has 14 heavy (non-hydrogen) atoms. The summed E-state index contributed by atoms with van der Waals surface area (Å²) in [7, 11) is 3.04. The molecule has 5 heteroatoms. The van der Waals surface area contributed by atoms with E-state index in [9.17, 15) is 8.42 Å². The first-order chi connectivity index (χ1) is 6.43. The maximum absolute atomic E-state index is 11.0. The predicted octanol–water partition coefficient (Wildman–Crippen LogP) is 2.16. The Labute approximate surface area is 88.9 Å². The molecule has 0 aliphatic heterocycles. The Hall–Kier alpha value is -0.580. The van der Waals surface area contributed by atoms with Gasteiger partial charge in [-0.05, 0) is 12.5 Å². The molecule has 1 unspecified atom stereocenters. The molecule has 1 rings (SSSR count). The molecular weight excluding hydrogens is 222 g/mol. The quantitative estimate of drug-likeness (QED) is 0.751. The van der Waals surface area contributed by atoms with Gasteiger partial charge in [-0.2, -0.15) is 12.7 Å². The second-order valence-electron chi connectivity index (χ2n) is 3.04. The molecule has 0 saturated carbocycles. The fourth-order valence-electron chi connectivity index (χ4n) is 1.13. The van der Waals surface area contributed by atoms with Gasteiger partial charge >= 0.3 is 0 Å². The van der Waals surface area contributed by atoms with E-state index < -0.39 is 9.24 Å². The van der Waals surface area contributed by atoms with Crippen LogP contribution in [0.2, 0.25) is 0 Å². The highest BCUT2D eigenvalue weighted by Gasteiger charge is 2.21. The van der Waals surface area contributed by atoms with Crippen LogP contribution in [0.15, 0.2) is 30.3 Å². The van der Waals surface area contributed by atoms with E-state index in [0.29, 0.717) is 0 Å². The maximum atomic E-state index is 11.0. The van der Waals surface area contributed by atoms with E-state index in [-0.39, 0.29) is 6.04 Å². The van der Waals surface area contributed by atoms with Gasteiger partial charge in [-0.1, -0.05) is 30.3 Å². The van der Waals surface area contributed by atoms with Crippen LogP contribution in [0.25, 0.3) is 0 Å². The van der Waals surface area contributed by atoms with Gasteiger partial charge in [-0.25, -0.2) is 0 Å². The maximum Gasteiger partial charge on any atom is 0.300 e. The number of benzene rings is 1. The highest BCUT2D eigenvalue weighted by molar-refractivity contribution is 8.11. The van der Waals surface area contributed by atoms with E-state index in [0.717, 1.165) is 9.87 Å². The Morgan fingerprint density at radius 3 is 2.21 bits per heavy atom. The summed E-state index contributed by atoms with van der Waals surface area (Å²) in [5.74, 6) is 0. The zero-order chi connectivity index (χ0) is 10.8. The van der Waals surface area contributed by atoms with Crippen molar-refractivity contribution >= 4 is 19.9 Å². The van der Waals surface area contributed by atoms with Gasteiger partial charge in [0.15, 0.2) is 0 Å². The van der Waals surface area contributed by atoms with Crippen molar-refractivity contribution in [3.63, 3.8) is 0 Å². The number of rotatable bonds is 3. The molecule has 0 fully saturated rings. The fraction of sp³-hybridized carbons (Fsp3) is 0.333. The highest BCUT2D eigenvalue weighted by Crippen LogP contribution is 2.22. The standard InChI is InChI=1S/C9H12ClNO2S/c1-8(11(2)14(10,12)13)9-6-4-3-5-7-9/h3-8H,1-2H3. The van der Waals surface area contributed by atoms with Crippen LogP contribution >= 0.6 is 10.7 Å². The van der Waals surface area contributed by atoms with Crippen molar-refractivity contribution in [2.24, 2.45) is 0 Å². The summed E-state index contributed by atoms with van der Waals surface area (Å²) in [6, 6.07) is 9.08. The summed E-state index contributed by atoms with van der Waals surface area (Å²) in [6.07, 6.45) is 0. The first-order valence-corrected chi connectivity index (χ1v) is 6.42. The topological polar surface area (TPSA) is 37.4 Å². The third-order valence-corrected chi connectivity index (χ3v) is 3.83. The molecule has 0 bridgehead atoms. The lowest BCUT2D eigenvalue weighted by Gasteiger charge is -2.21. The zero-order valence-electron chi connectivity index (χ0n) is 8.01. The van der Waals surface area contributed by atoms with E-state index in [1.807, 2.05) is 30.3 Å². The van der Waals surface area contributed by atoms with Crippen LogP contribution in [-0.2, 0) is 9.24 Å². The highest BCUT2D eigenvalue weighted by atomic mass is 35.7. The monoisotopic (exact) mass is 233 g/mol. The Morgan fingerprint density at radius 1 is 1.29 bits per heavy atom. The van der Waals surface area contributed by atoms with Crippen molar-refractivity contribution in [1.29, 1.82) is 0 Å². The van der Waals surface area contributed by atoms with Gasteiger partial charge in [0.25, 0.3) is 9.24 Å². The van der Waals surface area contributed by atoms with Gasteiger partial charge in [0.05, 0.1) is 0 Å². The average Bonchev–Trinajstić information content (AvgIpc) is 2.15. The summed E-state index contributed by atoms with van der Waals surface area (Å²) in [5, 5.41) is 0. The van der Waals surface area contributed by atoms with Crippen LogP contribution in [0.1, 0.15) is 18.5 Å². The third-order valence-electron chi connectivity index (χ3n) is 2.17. The molecule has 3 nitrogen and oxygen atoms in total. The summed E-state index contributed by atoms with van der Waals surface area (Å²) in [6.45, 7) is 1.79. The largest absolute Gasteiger partial charge is 0.300 e. The van der Waals surface area contributed by atoms with Crippen LogP contribution < -0.4 is 0 Å². The van der Waals surface area contributed by atoms with E-state index in [1.54, 1.807) is 6.92 Å². The van der Waals surface area contributed by atoms with Crippen molar-refractivity contribution in [3.05, 3.63) is 35.9 Å². The SMILES string of the molecule is CC(c1ccccc1)N(C)S(=O)(=O)Cl. The van der Waals surface area contributed by atoms with Crippen molar-refractivity contribution in [2.45, 2.75) is 13.0 Å². The number of hydrogen-bond donors (Lipinski definition) is 0. The molecule has 0 amide bonds. The van der Waals surface area contributed by atoms with Crippen LogP contribution in [0.5, 0.6) is 0 Å². The molecule has 0 radical (unpaired) electrons. The molecule has 78 valence electrons. The molecule has 0 heterocycles. The van der Waals surface area contributed by atoms with Crippen LogP contribution in [0, 0.1) is 0 Å². The first-order valence-electron chi connectivity index (χ1n) is 4.15. The predicted molar refractivity (Wildman–Crippen MR) is 57.4 cm³/mol. The summed E-state index contributed by atoms with van der Waals surface area (Å²) < 4.78 is 23.2. The summed E-state index contributed by atoms with van der Waals surface area (Å²) in [5.41, 5.74) is 0.916. The van der Waals surface area contributed by atoms with E-state index >= 15 is 0 Å². The minimum absolute atomic E-state index is 0.251. The van der Waals surface area contributed by atoms with Crippen LogP contribution in [-0.4, -0.2) is 19.8 Å². The fourth-order valence-corrected chi connectivity index (χ4v) is 1.99. The van der Waals surface area contributed by atoms with Gasteiger partial charge in [0, 0.05) is 23.8 Å². The normalized spacial score (nSPS) is 14.3. The minimum atomic E-state index is -3.64. The molecule has 0 spiro atoms. The van der Waals surface area contributed by atoms with Gasteiger partial charge in [-0.3, -0.25) is 0 Å². The molecule has 0 N–H and O–H groups in total. The second kappa shape index (κ2) is 4.29. The van der Waals surface area contributed by atoms with E-state index in [4.69, 9.17) is 10.7 Å². The second-order valence-corrected chi connectivity index (χ2v) is 5.62. The van der Waals surface area contributed by atoms with Gasteiger partial charge < -0.3 is 0 Å². The zero-order valence-corrected chi connectivity index (χ0v) is 9.59. The van der Waals surface area contributed by atoms with Crippen molar-refractivity contribution in [2.75, 3.05) is 7.05 Å². The summed E-state index contributed by atoms with van der Waals surface area (Å²) in [4.78, 5) is 0. The Morgan fingerprint density at radius 2 is 1.79 bits per heavy atom. The van der Waals surface area contributed by atoms with E-state index in [1.165, 1.54) is 7.05 Å². The molecule has 1 aromatic rings. The number of hydrogen-bond acceptors (Lipinski definition) is 2. The lowest BCUT2D eigenvalue weighted by atomic mass is 10.1. The lowest BCUT2D eigenvalue weighted by molar-refractivity contribution is 0.408. The third kappa shape index (κ3) is 2.70. The molecule has 0 aliphatic rings. The molecule has 0 aromatic heterocycles. The first kappa shape index (κ1) is 11.5. The summed E-state index contributed by atoms with van der Waals surface area (Å²) >= 11 is 0. The number of halogens is 1. The molecule has 0 aliphatic carbocycles. The Kier molecular flexibility index (Phi) is 3.53. The van der Waals surface area contributed by atoms with Crippen molar-refractivity contribution < 1.29 is 8.42 Å². The van der Waals surface area contributed by atoms with Gasteiger partial charge in [0.2, 0.25) is 0 Å². The van der Waals surface area contributed by atoms with Gasteiger partial charge in [0.1, 0.15) is 0 Å². The molecule has 0 saturated heterocycles. The lowest BCUT2D eigenvalue weighted by Crippen LogP contribution is -2.25. The molecule has 1 aromatic carbocycles. The van der Waals surface area contributed by atoms with Crippen molar-refractivity contribution in [1.82, 2.24) is 4.31 Å². The molecular formula is C9H12ClNO2S. The van der Waals surface area contributed by atoms with E-state index in [2.05, 4.69) is 0 Å². The number of nitrogens with zero attached hydrogens (tertiary/aromatic N) is 1. The Balaban J connectivity index is 2.92.